The molecule has 0 aliphatic carbocycles. The van der Waals surface area contributed by atoms with Crippen molar-refractivity contribution in [1.29, 1.82) is 0 Å². The highest BCUT2D eigenvalue weighted by Crippen LogP contribution is 2.43. The fourth-order valence-electron chi connectivity index (χ4n) is 3.62. The molecule has 28 heavy (non-hydrogen) atoms. The van der Waals surface area contributed by atoms with Gasteiger partial charge in [0.25, 0.3) is 0 Å². The van der Waals surface area contributed by atoms with Gasteiger partial charge in [0.15, 0.2) is 11.3 Å². The topological polar surface area (TPSA) is 98.4 Å². The van der Waals surface area contributed by atoms with Crippen LogP contribution in [-0.4, -0.2) is 42.2 Å². The van der Waals surface area contributed by atoms with Crippen molar-refractivity contribution in [3.05, 3.63) is 40.1 Å². The zero-order valence-electron chi connectivity index (χ0n) is 15.9. The summed E-state index contributed by atoms with van der Waals surface area (Å²) < 4.78 is 22.7. The van der Waals surface area contributed by atoms with Gasteiger partial charge in [0.1, 0.15) is 34.2 Å². The number of para-hydroxylation sites is 1. The van der Waals surface area contributed by atoms with E-state index < -0.39 is 11.7 Å². The second-order valence-corrected chi connectivity index (χ2v) is 7.15. The molecule has 1 aromatic heterocycles. The molecule has 7 heteroatoms. The minimum absolute atomic E-state index is 0.111. The van der Waals surface area contributed by atoms with E-state index >= 15 is 0 Å². The Morgan fingerprint density at radius 3 is 2.82 bits per heavy atom. The van der Waals surface area contributed by atoms with E-state index in [1.165, 1.54) is 13.2 Å². The first-order chi connectivity index (χ1) is 13.4. The highest BCUT2D eigenvalue weighted by atomic mass is 16.5. The molecule has 148 valence electrons. The molecule has 2 atom stereocenters. The van der Waals surface area contributed by atoms with Crippen molar-refractivity contribution >= 4 is 21.9 Å². The molecule has 2 aromatic carbocycles. The van der Waals surface area contributed by atoms with Gasteiger partial charge in [0.05, 0.1) is 19.1 Å². The number of benzene rings is 2. The smallest absolute Gasteiger partial charge is 0.204 e. The molecule has 3 aromatic rings. The molecule has 0 saturated heterocycles. The molecular formula is C21H22O7. The van der Waals surface area contributed by atoms with Crippen LogP contribution in [0.1, 0.15) is 19.4 Å². The number of phenolic OH excluding ortho intramolecular Hbond substituents is 1. The molecule has 0 fully saturated rings. The number of methoxy groups -OCH3 is 1. The largest absolute Gasteiger partial charge is 0.504 e. The van der Waals surface area contributed by atoms with Crippen molar-refractivity contribution in [3.63, 3.8) is 0 Å². The van der Waals surface area contributed by atoms with Gasteiger partial charge in [0, 0.05) is 24.7 Å². The third-order valence-corrected chi connectivity index (χ3v) is 5.15. The Hall–Kier alpha value is -2.77. The summed E-state index contributed by atoms with van der Waals surface area (Å²) in [7, 11) is 1.46. The lowest BCUT2D eigenvalue weighted by Gasteiger charge is -2.28. The molecular weight excluding hydrogens is 364 g/mol. The highest BCUT2D eigenvalue weighted by Gasteiger charge is 2.41. The summed E-state index contributed by atoms with van der Waals surface area (Å²) in [6, 6.07) is 6.28. The second-order valence-electron chi connectivity index (χ2n) is 7.15. The maximum absolute atomic E-state index is 13.1. The van der Waals surface area contributed by atoms with Gasteiger partial charge in [-0.3, -0.25) is 4.79 Å². The van der Waals surface area contributed by atoms with Crippen LogP contribution in [0.2, 0.25) is 0 Å². The summed E-state index contributed by atoms with van der Waals surface area (Å²) in [6.07, 6.45) is -0.243. The summed E-state index contributed by atoms with van der Waals surface area (Å²) in [5.74, 6) is 0.675. The molecule has 7 nitrogen and oxygen atoms in total. The van der Waals surface area contributed by atoms with Crippen LogP contribution < -0.4 is 14.9 Å². The lowest BCUT2D eigenvalue weighted by Crippen LogP contribution is -2.46. The van der Waals surface area contributed by atoms with Crippen LogP contribution in [-0.2, 0) is 11.2 Å². The summed E-state index contributed by atoms with van der Waals surface area (Å²) in [6.45, 7) is 4.10. The van der Waals surface area contributed by atoms with E-state index in [1.807, 2.05) is 6.92 Å². The first-order valence-electron chi connectivity index (χ1n) is 9.12. The van der Waals surface area contributed by atoms with Gasteiger partial charge < -0.3 is 28.8 Å². The number of phenols is 1. The number of aliphatic hydroxyl groups is 1. The van der Waals surface area contributed by atoms with Crippen molar-refractivity contribution in [3.8, 4) is 17.2 Å². The van der Waals surface area contributed by atoms with E-state index in [4.69, 9.17) is 18.6 Å². The molecule has 1 aliphatic heterocycles. The Bertz CT molecular complexity index is 1110. The van der Waals surface area contributed by atoms with E-state index in [0.717, 1.165) is 0 Å². The van der Waals surface area contributed by atoms with Crippen molar-refractivity contribution in [1.82, 2.24) is 0 Å². The monoisotopic (exact) mass is 386 g/mol. The van der Waals surface area contributed by atoms with Gasteiger partial charge >= 0.3 is 0 Å². The van der Waals surface area contributed by atoms with Crippen molar-refractivity contribution < 1.29 is 28.8 Å². The molecule has 4 rings (SSSR count). The van der Waals surface area contributed by atoms with Crippen LogP contribution in [0.25, 0.3) is 21.9 Å². The number of aromatic hydroxyl groups is 1. The van der Waals surface area contributed by atoms with Crippen molar-refractivity contribution in [2.45, 2.75) is 32.0 Å². The van der Waals surface area contributed by atoms with Crippen molar-refractivity contribution in [2.24, 2.45) is 0 Å². The Morgan fingerprint density at radius 1 is 1.32 bits per heavy atom. The Balaban J connectivity index is 1.93. The predicted octanol–water partition coefficient (Wildman–Crippen LogP) is 2.75. The first-order valence-corrected chi connectivity index (χ1v) is 9.12. The summed E-state index contributed by atoms with van der Waals surface area (Å²) in [5.41, 5.74) is -0.465. The van der Waals surface area contributed by atoms with E-state index in [-0.39, 0.29) is 34.1 Å². The molecule has 0 unspecified atom stereocenters. The fourth-order valence-corrected chi connectivity index (χ4v) is 3.62. The minimum Gasteiger partial charge on any atom is -0.504 e. The van der Waals surface area contributed by atoms with Gasteiger partial charge in [-0.05, 0) is 26.0 Å². The summed E-state index contributed by atoms with van der Waals surface area (Å²) in [5, 5.41) is 21.5. The molecule has 0 spiro atoms. The Labute approximate surface area is 161 Å². The molecule has 1 aliphatic rings. The Morgan fingerprint density at radius 2 is 2.11 bits per heavy atom. The number of ether oxygens (including phenoxy) is 3. The van der Waals surface area contributed by atoms with Crippen LogP contribution in [0.4, 0.5) is 0 Å². The van der Waals surface area contributed by atoms with Crippen LogP contribution in [0.5, 0.6) is 17.2 Å². The van der Waals surface area contributed by atoms with E-state index in [0.29, 0.717) is 35.7 Å². The van der Waals surface area contributed by atoms with Crippen LogP contribution >= 0.6 is 0 Å². The quantitative estimate of drug-likeness (QED) is 0.651. The van der Waals surface area contributed by atoms with Gasteiger partial charge in [0.2, 0.25) is 5.43 Å². The maximum Gasteiger partial charge on any atom is 0.204 e. The summed E-state index contributed by atoms with van der Waals surface area (Å²) in [4.78, 5) is 13.1. The minimum atomic E-state index is -1.23. The van der Waals surface area contributed by atoms with Gasteiger partial charge in [-0.1, -0.05) is 6.07 Å². The van der Waals surface area contributed by atoms with E-state index in [9.17, 15) is 15.0 Å². The van der Waals surface area contributed by atoms with E-state index in [1.54, 1.807) is 25.1 Å². The third kappa shape index (κ3) is 2.78. The summed E-state index contributed by atoms with van der Waals surface area (Å²) >= 11 is 0. The number of hydrogen-bond acceptors (Lipinski definition) is 7. The van der Waals surface area contributed by atoms with Crippen LogP contribution in [0.3, 0.4) is 0 Å². The Kier molecular flexibility index (Phi) is 4.44. The molecule has 0 bridgehead atoms. The number of rotatable bonds is 5. The number of hydrogen-bond donors (Lipinski definition) is 2. The SMILES string of the molecule is CCOC[C@](C)(O)[C@H]1Cc2c(cc(OC)c3c(=O)c4cccc(O)c4oc23)O1. The van der Waals surface area contributed by atoms with Crippen LogP contribution in [0, 0.1) is 0 Å². The third-order valence-electron chi connectivity index (χ3n) is 5.15. The lowest BCUT2D eigenvalue weighted by molar-refractivity contribution is -0.0909. The molecule has 0 amide bonds. The van der Waals surface area contributed by atoms with Crippen LogP contribution in [0.15, 0.2) is 33.5 Å². The lowest BCUT2D eigenvalue weighted by atomic mass is 9.95. The molecule has 0 radical (unpaired) electrons. The average molecular weight is 386 g/mol. The fraction of sp³-hybridized carbons (Fsp3) is 0.381. The molecule has 0 saturated carbocycles. The standard InChI is InChI=1S/C21H22O7/c1-4-26-10-21(2,24)16-8-12-14(27-16)9-15(25-3)17-18(23)11-6-5-7-13(22)19(11)28-20(12)17/h5-7,9,16,22,24H,4,8,10H2,1-3H3/t16-,21+/m1/s1. The van der Waals surface area contributed by atoms with Gasteiger partial charge in [-0.15, -0.1) is 0 Å². The van der Waals surface area contributed by atoms with Gasteiger partial charge in [-0.25, -0.2) is 0 Å². The normalized spacial score (nSPS) is 18.1. The molecule has 2 heterocycles. The highest BCUT2D eigenvalue weighted by molar-refractivity contribution is 5.97. The first kappa shape index (κ1) is 18.6. The maximum atomic E-state index is 13.1. The van der Waals surface area contributed by atoms with Gasteiger partial charge in [-0.2, -0.15) is 0 Å². The molecule has 2 N–H and O–H groups in total. The van der Waals surface area contributed by atoms with E-state index in [2.05, 4.69) is 0 Å². The number of fused-ring (bicyclic) bond motifs is 4. The predicted molar refractivity (Wildman–Crippen MR) is 103 cm³/mol. The zero-order chi connectivity index (χ0) is 20.1. The second kappa shape index (κ2) is 6.68. The van der Waals surface area contributed by atoms with Crippen molar-refractivity contribution in [2.75, 3.05) is 20.3 Å². The zero-order valence-corrected chi connectivity index (χ0v) is 15.9. The average Bonchev–Trinajstić information content (AvgIpc) is 3.12.